The minimum atomic E-state index is 0.0750. The van der Waals surface area contributed by atoms with Crippen LogP contribution in [0.2, 0.25) is 0 Å². The highest BCUT2D eigenvalue weighted by atomic mass is 32.1. The maximum Gasteiger partial charge on any atom is 0.241 e. The molecule has 2 rings (SSSR count). The number of aromatic nitrogens is 1. The highest BCUT2D eigenvalue weighted by Gasteiger charge is 2.15. The van der Waals surface area contributed by atoms with Gasteiger partial charge in [-0.05, 0) is 30.9 Å². The van der Waals surface area contributed by atoms with E-state index >= 15 is 0 Å². The van der Waals surface area contributed by atoms with Crippen molar-refractivity contribution in [3.05, 3.63) is 30.3 Å². The minimum absolute atomic E-state index is 0.0750. The first-order chi connectivity index (χ1) is 10.2. The van der Waals surface area contributed by atoms with Crippen LogP contribution in [-0.4, -0.2) is 34.8 Å². The number of nitrogens with one attached hydrogen (secondary N) is 1. The van der Waals surface area contributed by atoms with Gasteiger partial charge in [0.1, 0.15) is 10.8 Å². The first kappa shape index (κ1) is 15.3. The molecule has 1 amide bonds. The molecule has 1 aromatic heterocycles. The predicted octanol–water partition coefficient (Wildman–Crippen LogP) is 2.67. The number of likely N-dealkylation sites (N-methyl/N-ethyl adjacent to an activating group) is 1. The lowest BCUT2D eigenvalue weighted by Crippen LogP contribution is -2.35. The second kappa shape index (κ2) is 7.08. The quantitative estimate of drug-likeness (QED) is 0.860. The molecule has 0 bridgehead atoms. The van der Waals surface area contributed by atoms with E-state index in [2.05, 4.69) is 9.69 Å². The van der Waals surface area contributed by atoms with Crippen LogP contribution in [0.4, 0.5) is 10.8 Å². The van der Waals surface area contributed by atoms with Crippen LogP contribution in [0.5, 0.6) is 0 Å². The Balaban J connectivity index is 2.14. The maximum absolute atomic E-state index is 12.0. The van der Waals surface area contributed by atoms with Crippen molar-refractivity contribution >= 4 is 28.3 Å². The van der Waals surface area contributed by atoms with Gasteiger partial charge < -0.3 is 16.0 Å². The van der Waals surface area contributed by atoms with Crippen LogP contribution in [0.25, 0.3) is 11.1 Å². The molecule has 0 aliphatic carbocycles. The number of hydrogen-bond acceptors (Lipinski definition) is 5. The van der Waals surface area contributed by atoms with E-state index < -0.39 is 0 Å². The zero-order valence-electron chi connectivity index (χ0n) is 12.3. The number of benzene rings is 1. The summed E-state index contributed by atoms with van der Waals surface area (Å²) in [7, 11) is 0. The zero-order chi connectivity index (χ0) is 15.2. The van der Waals surface area contributed by atoms with Gasteiger partial charge in [-0.3, -0.25) is 4.79 Å². The summed E-state index contributed by atoms with van der Waals surface area (Å²) in [6, 6.07) is 9.83. The third kappa shape index (κ3) is 3.52. The topological polar surface area (TPSA) is 71.2 Å². The highest BCUT2D eigenvalue weighted by molar-refractivity contribution is 7.11. The van der Waals surface area contributed by atoms with Crippen LogP contribution in [0, 0.1) is 0 Å². The van der Waals surface area contributed by atoms with Gasteiger partial charge in [-0.15, -0.1) is 0 Å². The van der Waals surface area contributed by atoms with Gasteiger partial charge in [0.05, 0.1) is 12.1 Å². The van der Waals surface area contributed by atoms with Crippen LogP contribution in [-0.2, 0) is 4.79 Å². The predicted molar refractivity (Wildman–Crippen MR) is 88.4 cm³/mol. The molecule has 0 aliphatic heterocycles. The van der Waals surface area contributed by atoms with Gasteiger partial charge in [-0.25, -0.2) is 0 Å². The monoisotopic (exact) mass is 304 g/mol. The number of amides is 1. The molecule has 0 saturated carbocycles. The molecule has 0 atom stereocenters. The Labute approximate surface area is 128 Å². The average molecular weight is 304 g/mol. The number of hydrogen-bond donors (Lipinski definition) is 2. The van der Waals surface area contributed by atoms with Crippen molar-refractivity contribution in [3.63, 3.8) is 0 Å². The summed E-state index contributed by atoms with van der Waals surface area (Å²) in [5, 5.41) is 4.00. The summed E-state index contributed by atoms with van der Waals surface area (Å²) in [5.74, 6) is 0.565. The molecule has 5 nitrogen and oxygen atoms in total. The van der Waals surface area contributed by atoms with Crippen molar-refractivity contribution in [1.82, 2.24) is 9.27 Å². The van der Waals surface area contributed by atoms with E-state index in [0.717, 1.165) is 16.1 Å². The lowest BCUT2D eigenvalue weighted by molar-refractivity contribution is -0.128. The standard InChI is InChI=1S/C15H20N4OS/c1-3-19(4-2)12(20)10-17-15-13(14(16)18-21-15)11-8-6-5-7-9-11/h5-9,17H,3-4,10H2,1-2H3,(H2,16,18). The largest absolute Gasteiger partial charge is 0.382 e. The summed E-state index contributed by atoms with van der Waals surface area (Å²) in [5.41, 5.74) is 7.83. The number of nitrogens with zero attached hydrogens (tertiary/aromatic N) is 2. The number of carbonyl (C=O) groups excluding carboxylic acids is 1. The Hall–Kier alpha value is -2.08. The van der Waals surface area contributed by atoms with E-state index in [1.165, 1.54) is 11.5 Å². The third-order valence-electron chi connectivity index (χ3n) is 3.30. The normalized spacial score (nSPS) is 10.4. The Bertz CT molecular complexity index is 593. The number of nitrogens with two attached hydrogens (primary N) is 1. The zero-order valence-corrected chi connectivity index (χ0v) is 13.1. The van der Waals surface area contributed by atoms with Gasteiger partial charge in [0.25, 0.3) is 0 Å². The number of anilines is 2. The van der Waals surface area contributed by atoms with E-state index in [4.69, 9.17) is 5.73 Å². The van der Waals surface area contributed by atoms with Gasteiger partial charge in [0, 0.05) is 13.1 Å². The Morgan fingerprint density at radius 1 is 1.29 bits per heavy atom. The first-order valence-corrected chi connectivity index (χ1v) is 7.76. The molecule has 112 valence electrons. The second-order valence-electron chi connectivity index (χ2n) is 4.56. The molecule has 6 heteroatoms. The second-order valence-corrected chi connectivity index (χ2v) is 5.33. The molecule has 0 radical (unpaired) electrons. The van der Waals surface area contributed by atoms with Gasteiger partial charge in [0.2, 0.25) is 5.91 Å². The lowest BCUT2D eigenvalue weighted by Gasteiger charge is -2.19. The Kier molecular flexibility index (Phi) is 5.16. The molecule has 0 spiro atoms. The molecular weight excluding hydrogens is 284 g/mol. The van der Waals surface area contributed by atoms with Crippen molar-refractivity contribution in [2.45, 2.75) is 13.8 Å². The van der Waals surface area contributed by atoms with Crippen molar-refractivity contribution in [3.8, 4) is 11.1 Å². The van der Waals surface area contributed by atoms with E-state index in [0.29, 0.717) is 18.9 Å². The third-order valence-corrected chi connectivity index (χ3v) is 4.12. The fraction of sp³-hybridized carbons (Fsp3) is 0.333. The van der Waals surface area contributed by atoms with E-state index in [-0.39, 0.29) is 12.5 Å². The fourth-order valence-electron chi connectivity index (χ4n) is 2.15. The van der Waals surface area contributed by atoms with Crippen molar-refractivity contribution in [2.24, 2.45) is 0 Å². The van der Waals surface area contributed by atoms with Crippen molar-refractivity contribution in [2.75, 3.05) is 30.7 Å². The summed E-state index contributed by atoms with van der Waals surface area (Å²) in [6.45, 7) is 5.63. The number of carbonyl (C=O) groups is 1. The molecule has 1 heterocycles. The summed E-state index contributed by atoms with van der Waals surface area (Å²) >= 11 is 1.28. The van der Waals surface area contributed by atoms with E-state index in [1.807, 2.05) is 44.2 Å². The van der Waals surface area contributed by atoms with Crippen LogP contribution < -0.4 is 11.1 Å². The molecule has 21 heavy (non-hydrogen) atoms. The van der Waals surface area contributed by atoms with Gasteiger partial charge in [-0.2, -0.15) is 4.37 Å². The molecule has 2 aromatic rings. The van der Waals surface area contributed by atoms with Crippen LogP contribution in [0.3, 0.4) is 0 Å². The van der Waals surface area contributed by atoms with Gasteiger partial charge in [-0.1, -0.05) is 30.3 Å². The molecule has 0 aliphatic rings. The number of rotatable bonds is 6. The van der Waals surface area contributed by atoms with Crippen molar-refractivity contribution < 1.29 is 4.79 Å². The van der Waals surface area contributed by atoms with Crippen LogP contribution in [0.1, 0.15) is 13.8 Å². The maximum atomic E-state index is 12.0. The smallest absolute Gasteiger partial charge is 0.241 e. The van der Waals surface area contributed by atoms with Crippen molar-refractivity contribution in [1.29, 1.82) is 0 Å². The van der Waals surface area contributed by atoms with E-state index in [9.17, 15) is 4.79 Å². The highest BCUT2D eigenvalue weighted by Crippen LogP contribution is 2.36. The molecule has 0 fully saturated rings. The van der Waals surface area contributed by atoms with E-state index in [1.54, 1.807) is 4.90 Å². The van der Waals surface area contributed by atoms with Crippen LogP contribution in [0.15, 0.2) is 30.3 Å². The fourth-order valence-corrected chi connectivity index (χ4v) is 2.88. The SMILES string of the molecule is CCN(CC)C(=O)CNc1snc(N)c1-c1ccccc1. The molecule has 1 aromatic carbocycles. The minimum Gasteiger partial charge on any atom is -0.382 e. The number of nitrogen functional groups attached to an aromatic ring is 1. The summed E-state index contributed by atoms with van der Waals surface area (Å²) in [4.78, 5) is 13.8. The Morgan fingerprint density at radius 2 is 1.95 bits per heavy atom. The summed E-state index contributed by atoms with van der Waals surface area (Å²) in [6.07, 6.45) is 0. The van der Waals surface area contributed by atoms with Crippen LogP contribution >= 0.6 is 11.5 Å². The molecular formula is C15H20N4OS. The molecule has 3 N–H and O–H groups in total. The lowest BCUT2D eigenvalue weighted by atomic mass is 10.1. The first-order valence-electron chi connectivity index (χ1n) is 6.99. The average Bonchev–Trinajstić information content (AvgIpc) is 2.88. The van der Waals surface area contributed by atoms with Gasteiger partial charge in [0.15, 0.2) is 0 Å². The molecule has 0 unspecified atom stereocenters. The molecule has 0 saturated heterocycles. The van der Waals surface area contributed by atoms with Gasteiger partial charge >= 0.3 is 0 Å². The summed E-state index contributed by atoms with van der Waals surface area (Å²) < 4.78 is 4.19. The Morgan fingerprint density at radius 3 is 2.57 bits per heavy atom.